The fourth-order valence-electron chi connectivity index (χ4n) is 2.58. The third kappa shape index (κ3) is 5.90. The van der Waals surface area contributed by atoms with Crippen LogP contribution in [0.5, 0.6) is 0 Å². The second-order valence-electron chi connectivity index (χ2n) is 5.77. The number of hydrogen-bond donors (Lipinski definition) is 2. The SMILES string of the molecule is N[C@@H](CCNC(=O)OCc1ccccc1)C(=O)N1CCCCC1. The molecule has 0 spiro atoms. The summed E-state index contributed by atoms with van der Waals surface area (Å²) in [6, 6.07) is 8.90. The van der Waals surface area contributed by atoms with E-state index in [1.165, 1.54) is 6.42 Å². The fraction of sp³-hybridized carbons (Fsp3) is 0.529. The van der Waals surface area contributed by atoms with Gasteiger partial charge in [0.05, 0.1) is 6.04 Å². The normalized spacial score (nSPS) is 15.8. The lowest BCUT2D eigenvalue weighted by Crippen LogP contribution is -2.47. The van der Waals surface area contributed by atoms with E-state index in [0.29, 0.717) is 13.0 Å². The van der Waals surface area contributed by atoms with Crippen molar-refractivity contribution in [1.29, 1.82) is 0 Å². The monoisotopic (exact) mass is 319 g/mol. The Morgan fingerprint density at radius 1 is 1.17 bits per heavy atom. The van der Waals surface area contributed by atoms with Crippen molar-refractivity contribution >= 4 is 12.0 Å². The number of nitrogens with one attached hydrogen (secondary N) is 1. The summed E-state index contributed by atoms with van der Waals surface area (Å²) in [7, 11) is 0. The molecule has 23 heavy (non-hydrogen) atoms. The van der Waals surface area contributed by atoms with Gasteiger partial charge >= 0.3 is 6.09 Å². The number of rotatable bonds is 6. The Labute approximate surface area is 137 Å². The maximum atomic E-state index is 12.1. The van der Waals surface area contributed by atoms with Gasteiger partial charge in [-0.2, -0.15) is 0 Å². The van der Waals surface area contributed by atoms with Crippen molar-refractivity contribution in [3.8, 4) is 0 Å². The number of alkyl carbamates (subject to hydrolysis) is 1. The van der Waals surface area contributed by atoms with Crippen LogP contribution in [0.4, 0.5) is 4.79 Å². The summed E-state index contributed by atoms with van der Waals surface area (Å²) < 4.78 is 5.10. The number of nitrogens with zero attached hydrogens (tertiary/aromatic N) is 1. The summed E-state index contributed by atoms with van der Waals surface area (Å²) in [4.78, 5) is 25.6. The number of likely N-dealkylation sites (tertiary alicyclic amines) is 1. The molecular formula is C17H25N3O3. The molecule has 0 radical (unpaired) electrons. The fourth-order valence-corrected chi connectivity index (χ4v) is 2.58. The molecule has 1 aromatic rings. The summed E-state index contributed by atoms with van der Waals surface area (Å²) in [5.41, 5.74) is 6.85. The number of ether oxygens (including phenoxy) is 1. The van der Waals surface area contributed by atoms with Gasteiger partial charge in [0.2, 0.25) is 5.91 Å². The number of nitrogens with two attached hydrogens (primary N) is 1. The highest BCUT2D eigenvalue weighted by Crippen LogP contribution is 2.10. The van der Waals surface area contributed by atoms with E-state index in [-0.39, 0.29) is 12.5 Å². The number of carbonyl (C=O) groups excluding carboxylic acids is 2. The average molecular weight is 319 g/mol. The quantitative estimate of drug-likeness (QED) is 0.835. The highest BCUT2D eigenvalue weighted by molar-refractivity contribution is 5.81. The number of amides is 2. The van der Waals surface area contributed by atoms with E-state index in [1.54, 1.807) is 0 Å². The summed E-state index contributed by atoms with van der Waals surface area (Å²) >= 11 is 0. The second-order valence-corrected chi connectivity index (χ2v) is 5.77. The first kappa shape index (κ1) is 17.3. The lowest BCUT2D eigenvalue weighted by molar-refractivity contribution is -0.133. The molecule has 1 atom stereocenters. The van der Waals surface area contributed by atoms with Crippen LogP contribution in [0.25, 0.3) is 0 Å². The molecular weight excluding hydrogens is 294 g/mol. The Balaban J connectivity index is 1.61. The maximum Gasteiger partial charge on any atom is 0.407 e. The van der Waals surface area contributed by atoms with Crippen LogP contribution >= 0.6 is 0 Å². The smallest absolute Gasteiger partial charge is 0.407 e. The third-order valence-electron chi connectivity index (χ3n) is 3.92. The standard InChI is InChI=1S/C17H25N3O3/c18-15(16(21)20-11-5-2-6-12-20)9-10-19-17(22)23-13-14-7-3-1-4-8-14/h1,3-4,7-8,15H,2,5-6,9-13,18H2,(H,19,22)/t15-/m0/s1. The molecule has 2 rings (SSSR count). The van der Waals surface area contributed by atoms with E-state index >= 15 is 0 Å². The molecule has 1 aromatic carbocycles. The molecule has 0 aromatic heterocycles. The molecule has 1 saturated heterocycles. The van der Waals surface area contributed by atoms with Crippen molar-refractivity contribution in [1.82, 2.24) is 10.2 Å². The lowest BCUT2D eigenvalue weighted by atomic mass is 10.1. The van der Waals surface area contributed by atoms with E-state index in [1.807, 2.05) is 35.2 Å². The Morgan fingerprint density at radius 2 is 1.87 bits per heavy atom. The molecule has 0 saturated carbocycles. The van der Waals surface area contributed by atoms with Crippen LogP contribution in [-0.2, 0) is 16.1 Å². The van der Waals surface area contributed by atoms with Crippen LogP contribution in [0.1, 0.15) is 31.2 Å². The molecule has 1 aliphatic rings. The van der Waals surface area contributed by atoms with Crippen molar-refractivity contribution in [2.45, 2.75) is 38.3 Å². The zero-order valence-electron chi connectivity index (χ0n) is 13.4. The third-order valence-corrected chi connectivity index (χ3v) is 3.92. The van der Waals surface area contributed by atoms with Crippen molar-refractivity contribution in [2.24, 2.45) is 5.73 Å². The van der Waals surface area contributed by atoms with Gasteiger partial charge in [0.1, 0.15) is 6.61 Å². The molecule has 2 amide bonds. The van der Waals surface area contributed by atoms with Crippen LogP contribution in [0.15, 0.2) is 30.3 Å². The van der Waals surface area contributed by atoms with Crippen molar-refractivity contribution < 1.29 is 14.3 Å². The Hall–Kier alpha value is -2.08. The summed E-state index contributed by atoms with van der Waals surface area (Å²) in [6.07, 6.45) is 3.18. The minimum Gasteiger partial charge on any atom is -0.445 e. The molecule has 0 unspecified atom stereocenters. The molecule has 1 fully saturated rings. The number of benzene rings is 1. The summed E-state index contributed by atoms with van der Waals surface area (Å²) in [6.45, 7) is 2.14. The Bertz CT molecular complexity index is 501. The number of carbonyl (C=O) groups is 2. The van der Waals surface area contributed by atoms with E-state index in [4.69, 9.17) is 10.5 Å². The molecule has 1 aliphatic heterocycles. The van der Waals surface area contributed by atoms with Crippen molar-refractivity contribution in [3.05, 3.63) is 35.9 Å². The lowest BCUT2D eigenvalue weighted by Gasteiger charge is -2.29. The van der Waals surface area contributed by atoms with Gasteiger partial charge in [0.25, 0.3) is 0 Å². The van der Waals surface area contributed by atoms with Crippen LogP contribution in [0, 0.1) is 0 Å². The molecule has 0 bridgehead atoms. The van der Waals surface area contributed by atoms with Gasteiger partial charge < -0.3 is 20.7 Å². The van der Waals surface area contributed by atoms with Gasteiger partial charge in [-0.05, 0) is 31.2 Å². The zero-order valence-corrected chi connectivity index (χ0v) is 13.4. The van der Waals surface area contributed by atoms with E-state index in [2.05, 4.69) is 5.32 Å². The van der Waals surface area contributed by atoms with Gasteiger partial charge in [0.15, 0.2) is 0 Å². The van der Waals surface area contributed by atoms with Gasteiger partial charge in [0, 0.05) is 19.6 Å². The first-order valence-corrected chi connectivity index (χ1v) is 8.16. The summed E-state index contributed by atoms with van der Waals surface area (Å²) in [5, 5.41) is 2.63. The topological polar surface area (TPSA) is 84.7 Å². The van der Waals surface area contributed by atoms with Crippen molar-refractivity contribution in [2.75, 3.05) is 19.6 Å². The van der Waals surface area contributed by atoms with Crippen LogP contribution in [-0.4, -0.2) is 42.6 Å². The average Bonchev–Trinajstić information content (AvgIpc) is 2.61. The minimum atomic E-state index is -0.567. The van der Waals surface area contributed by atoms with E-state index in [9.17, 15) is 9.59 Å². The maximum absolute atomic E-state index is 12.1. The molecule has 6 heteroatoms. The largest absolute Gasteiger partial charge is 0.445 e. The molecule has 126 valence electrons. The van der Waals surface area contributed by atoms with Gasteiger partial charge in [-0.1, -0.05) is 30.3 Å². The van der Waals surface area contributed by atoms with Gasteiger partial charge in [-0.25, -0.2) is 4.79 Å². The molecule has 1 heterocycles. The van der Waals surface area contributed by atoms with Gasteiger partial charge in [-0.3, -0.25) is 4.79 Å². The van der Waals surface area contributed by atoms with Crippen LogP contribution in [0.2, 0.25) is 0 Å². The Kier molecular flexibility index (Phi) is 6.87. The van der Waals surface area contributed by atoms with Crippen LogP contribution < -0.4 is 11.1 Å². The van der Waals surface area contributed by atoms with E-state index < -0.39 is 12.1 Å². The van der Waals surface area contributed by atoms with Gasteiger partial charge in [-0.15, -0.1) is 0 Å². The highest BCUT2D eigenvalue weighted by Gasteiger charge is 2.22. The predicted octanol–water partition coefficient (Wildman–Crippen LogP) is 1.64. The van der Waals surface area contributed by atoms with Crippen LogP contribution in [0.3, 0.4) is 0 Å². The first-order valence-electron chi connectivity index (χ1n) is 8.16. The predicted molar refractivity (Wildman–Crippen MR) is 87.7 cm³/mol. The second kappa shape index (κ2) is 9.15. The van der Waals surface area contributed by atoms with E-state index in [0.717, 1.165) is 31.5 Å². The molecule has 6 nitrogen and oxygen atoms in total. The minimum absolute atomic E-state index is 0.0239. The zero-order chi connectivity index (χ0) is 16.5. The molecule has 0 aliphatic carbocycles. The number of piperidine rings is 1. The Morgan fingerprint density at radius 3 is 2.57 bits per heavy atom. The van der Waals surface area contributed by atoms with Crippen molar-refractivity contribution in [3.63, 3.8) is 0 Å². The first-order chi connectivity index (χ1) is 11.2. The highest BCUT2D eigenvalue weighted by atomic mass is 16.5. The molecule has 3 N–H and O–H groups in total. The number of hydrogen-bond acceptors (Lipinski definition) is 4. The summed E-state index contributed by atoms with van der Waals surface area (Å²) in [5.74, 6) is -0.0239.